The van der Waals surface area contributed by atoms with Gasteiger partial charge in [-0.3, -0.25) is 9.59 Å². The van der Waals surface area contributed by atoms with Crippen molar-refractivity contribution in [3.63, 3.8) is 0 Å². The average molecular weight is 463 g/mol. The lowest BCUT2D eigenvalue weighted by Crippen LogP contribution is -2.45. The van der Waals surface area contributed by atoms with E-state index in [0.717, 1.165) is 54.1 Å². The molecule has 2 fully saturated rings. The molecule has 4 heterocycles. The Morgan fingerprint density at radius 1 is 1.12 bits per heavy atom. The average Bonchev–Trinajstić information content (AvgIpc) is 3.27. The van der Waals surface area contributed by atoms with E-state index < -0.39 is 0 Å². The first-order valence-corrected chi connectivity index (χ1v) is 12.1. The van der Waals surface area contributed by atoms with Crippen LogP contribution in [0.5, 0.6) is 5.75 Å². The van der Waals surface area contributed by atoms with Crippen molar-refractivity contribution < 1.29 is 14.3 Å². The molecule has 0 saturated carbocycles. The van der Waals surface area contributed by atoms with Crippen LogP contribution in [0.15, 0.2) is 36.8 Å². The van der Waals surface area contributed by atoms with Gasteiger partial charge in [0, 0.05) is 44.9 Å². The molecule has 9 heteroatoms. The third kappa shape index (κ3) is 4.60. The molecule has 2 aliphatic rings. The SMILES string of the molecule is CCOc1cccc(Cn2ncc3c(N4CCC(C(=O)N5CCC(=O)CC5)CC4)ncnc32)c1. The number of hydrogen-bond acceptors (Lipinski definition) is 7. The van der Waals surface area contributed by atoms with Crippen molar-refractivity contribution in [1.29, 1.82) is 0 Å². The van der Waals surface area contributed by atoms with Gasteiger partial charge in [0.2, 0.25) is 5.91 Å². The Labute approximate surface area is 198 Å². The quantitative estimate of drug-likeness (QED) is 0.556. The van der Waals surface area contributed by atoms with E-state index in [4.69, 9.17) is 4.74 Å². The van der Waals surface area contributed by atoms with Crippen molar-refractivity contribution in [2.45, 2.75) is 39.2 Å². The molecular weight excluding hydrogens is 432 g/mol. The highest BCUT2D eigenvalue weighted by Gasteiger charge is 2.31. The molecule has 1 amide bonds. The molecule has 0 N–H and O–H groups in total. The van der Waals surface area contributed by atoms with Crippen LogP contribution in [0.1, 0.15) is 38.2 Å². The van der Waals surface area contributed by atoms with Gasteiger partial charge in [-0.2, -0.15) is 5.10 Å². The summed E-state index contributed by atoms with van der Waals surface area (Å²) < 4.78 is 7.50. The van der Waals surface area contributed by atoms with Crippen molar-refractivity contribution in [3.8, 4) is 5.75 Å². The van der Waals surface area contributed by atoms with Crippen molar-refractivity contribution in [2.24, 2.45) is 5.92 Å². The molecule has 3 aromatic rings. The number of carbonyl (C=O) groups is 2. The fourth-order valence-corrected chi connectivity index (χ4v) is 4.89. The molecule has 34 heavy (non-hydrogen) atoms. The summed E-state index contributed by atoms with van der Waals surface area (Å²) in [6.07, 6.45) is 5.97. The van der Waals surface area contributed by atoms with Gasteiger partial charge < -0.3 is 14.5 Å². The lowest BCUT2D eigenvalue weighted by atomic mass is 9.94. The second kappa shape index (κ2) is 9.79. The number of carbonyl (C=O) groups excluding carboxylic acids is 2. The highest BCUT2D eigenvalue weighted by Crippen LogP contribution is 2.29. The molecule has 0 radical (unpaired) electrons. The van der Waals surface area contributed by atoms with Gasteiger partial charge in [-0.25, -0.2) is 14.6 Å². The summed E-state index contributed by atoms with van der Waals surface area (Å²) in [6.45, 7) is 5.85. The molecule has 0 spiro atoms. The molecule has 178 valence electrons. The Kier molecular flexibility index (Phi) is 6.42. The number of nitrogens with zero attached hydrogens (tertiary/aromatic N) is 6. The van der Waals surface area contributed by atoms with Crippen LogP contribution in [-0.4, -0.2) is 69.1 Å². The number of rotatable bonds is 6. The zero-order chi connectivity index (χ0) is 23.5. The highest BCUT2D eigenvalue weighted by molar-refractivity contribution is 5.87. The van der Waals surface area contributed by atoms with Crippen LogP contribution in [0, 0.1) is 5.92 Å². The smallest absolute Gasteiger partial charge is 0.225 e. The summed E-state index contributed by atoms with van der Waals surface area (Å²) in [4.78, 5) is 37.6. The normalized spacial score (nSPS) is 17.4. The van der Waals surface area contributed by atoms with Crippen LogP contribution in [0.25, 0.3) is 11.0 Å². The number of Topliss-reactive ketones (excluding diaryl/α,β-unsaturated/α-hetero) is 1. The van der Waals surface area contributed by atoms with Gasteiger partial charge in [0.1, 0.15) is 23.7 Å². The fourth-order valence-electron chi connectivity index (χ4n) is 4.89. The summed E-state index contributed by atoms with van der Waals surface area (Å²) in [7, 11) is 0. The molecule has 9 nitrogen and oxygen atoms in total. The maximum Gasteiger partial charge on any atom is 0.225 e. The number of anilines is 1. The molecule has 0 unspecified atom stereocenters. The zero-order valence-electron chi connectivity index (χ0n) is 19.5. The van der Waals surface area contributed by atoms with Crippen LogP contribution in [0.4, 0.5) is 5.82 Å². The molecule has 0 bridgehead atoms. The standard InChI is InChI=1S/C25H30N6O3/c1-2-34-21-5-3-4-18(14-21)16-31-24-22(15-28-31)23(26-17-27-24)29-10-6-19(7-11-29)25(33)30-12-8-20(32)9-13-30/h3-5,14-15,17,19H,2,6-13,16H2,1H3. The Morgan fingerprint density at radius 2 is 1.91 bits per heavy atom. The van der Waals surface area contributed by atoms with E-state index in [1.54, 1.807) is 6.33 Å². The number of aromatic nitrogens is 4. The fraction of sp³-hybridized carbons (Fsp3) is 0.480. The summed E-state index contributed by atoms with van der Waals surface area (Å²) >= 11 is 0. The van der Waals surface area contributed by atoms with Crippen LogP contribution in [0.2, 0.25) is 0 Å². The first kappa shape index (κ1) is 22.3. The third-order valence-corrected chi connectivity index (χ3v) is 6.73. The molecule has 5 rings (SSSR count). The van der Waals surface area contributed by atoms with E-state index in [1.165, 1.54) is 0 Å². The molecule has 2 aromatic heterocycles. The first-order chi connectivity index (χ1) is 16.6. The molecule has 0 aliphatic carbocycles. The Balaban J connectivity index is 1.27. The van der Waals surface area contributed by atoms with Gasteiger partial charge in [0.15, 0.2) is 5.65 Å². The summed E-state index contributed by atoms with van der Waals surface area (Å²) in [5.74, 6) is 2.19. The summed E-state index contributed by atoms with van der Waals surface area (Å²) in [6, 6.07) is 8.02. The Bertz CT molecular complexity index is 1170. The number of amides is 1. The molecule has 2 saturated heterocycles. The predicted octanol–water partition coefficient (Wildman–Crippen LogP) is 2.68. The van der Waals surface area contributed by atoms with Gasteiger partial charge in [-0.05, 0) is 37.5 Å². The number of fused-ring (bicyclic) bond motifs is 1. The van der Waals surface area contributed by atoms with Gasteiger partial charge in [0.25, 0.3) is 0 Å². The van der Waals surface area contributed by atoms with E-state index in [2.05, 4.69) is 26.0 Å². The van der Waals surface area contributed by atoms with E-state index in [0.29, 0.717) is 39.1 Å². The van der Waals surface area contributed by atoms with Crippen molar-refractivity contribution >= 4 is 28.5 Å². The second-order valence-corrected chi connectivity index (χ2v) is 8.94. The maximum atomic E-state index is 12.9. The number of ether oxygens (including phenoxy) is 1. The Hall–Kier alpha value is -3.49. The van der Waals surface area contributed by atoms with E-state index in [9.17, 15) is 9.59 Å². The lowest BCUT2D eigenvalue weighted by molar-refractivity contribution is -0.138. The van der Waals surface area contributed by atoms with E-state index >= 15 is 0 Å². The van der Waals surface area contributed by atoms with Crippen LogP contribution in [0.3, 0.4) is 0 Å². The van der Waals surface area contributed by atoms with Gasteiger partial charge in [-0.1, -0.05) is 12.1 Å². The van der Waals surface area contributed by atoms with Crippen LogP contribution in [-0.2, 0) is 16.1 Å². The summed E-state index contributed by atoms with van der Waals surface area (Å²) in [5, 5.41) is 5.51. The monoisotopic (exact) mass is 462 g/mol. The van der Waals surface area contributed by atoms with Crippen LogP contribution >= 0.6 is 0 Å². The first-order valence-electron chi connectivity index (χ1n) is 12.1. The van der Waals surface area contributed by atoms with E-state index in [-0.39, 0.29) is 17.6 Å². The number of likely N-dealkylation sites (tertiary alicyclic amines) is 1. The predicted molar refractivity (Wildman–Crippen MR) is 128 cm³/mol. The minimum Gasteiger partial charge on any atom is -0.494 e. The third-order valence-electron chi connectivity index (χ3n) is 6.73. The molecule has 2 aliphatic heterocycles. The van der Waals surface area contributed by atoms with Crippen molar-refractivity contribution in [2.75, 3.05) is 37.7 Å². The van der Waals surface area contributed by atoms with Crippen molar-refractivity contribution in [1.82, 2.24) is 24.6 Å². The molecule has 0 atom stereocenters. The molecular formula is C25H30N6O3. The van der Waals surface area contributed by atoms with Gasteiger partial charge in [-0.15, -0.1) is 0 Å². The van der Waals surface area contributed by atoms with Crippen LogP contribution < -0.4 is 9.64 Å². The minimum absolute atomic E-state index is 0.0159. The molecule has 1 aromatic carbocycles. The number of benzene rings is 1. The summed E-state index contributed by atoms with van der Waals surface area (Å²) in [5.41, 5.74) is 1.89. The van der Waals surface area contributed by atoms with Gasteiger partial charge in [0.05, 0.1) is 24.7 Å². The number of hydrogen-bond donors (Lipinski definition) is 0. The maximum absolute atomic E-state index is 12.9. The lowest BCUT2D eigenvalue weighted by Gasteiger charge is -2.35. The second-order valence-electron chi connectivity index (χ2n) is 8.94. The largest absolute Gasteiger partial charge is 0.494 e. The zero-order valence-corrected chi connectivity index (χ0v) is 19.5. The van der Waals surface area contributed by atoms with Crippen molar-refractivity contribution in [3.05, 3.63) is 42.4 Å². The minimum atomic E-state index is 0.0159. The van der Waals surface area contributed by atoms with E-state index in [1.807, 2.05) is 40.9 Å². The highest BCUT2D eigenvalue weighted by atomic mass is 16.5. The topological polar surface area (TPSA) is 93.5 Å². The number of ketones is 1. The van der Waals surface area contributed by atoms with Gasteiger partial charge >= 0.3 is 0 Å². The number of piperidine rings is 2. The Morgan fingerprint density at radius 3 is 2.68 bits per heavy atom.